The molecule has 39 heavy (non-hydrogen) atoms. The zero-order chi connectivity index (χ0) is 28.7. The summed E-state index contributed by atoms with van der Waals surface area (Å²) in [4.78, 5) is 8.89. The van der Waals surface area contributed by atoms with Crippen LogP contribution in [0, 0.1) is 0 Å². The first-order chi connectivity index (χ1) is 17.8. The third kappa shape index (κ3) is 8.22. The Bertz CT molecular complexity index is 1170. The van der Waals surface area contributed by atoms with E-state index in [-0.39, 0.29) is 16.5 Å². The molecule has 0 amide bonds. The molecule has 2 aromatic carbocycles. The summed E-state index contributed by atoms with van der Waals surface area (Å²) in [5.41, 5.74) is 4.34. The number of aliphatic imine (C=N–C) groups is 1. The van der Waals surface area contributed by atoms with Crippen LogP contribution in [0.5, 0.6) is 23.0 Å². The maximum atomic E-state index is 12.5. The van der Waals surface area contributed by atoms with Gasteiger partial charge in [-0.3, -0.25) is 9.98 Å². The number of hydrogen-bond acceptors (Lipinski definition) is 6. The first-order valence-electron chi connectivity index (χ1n) is 13.0. The van der Waals surface area contributed by atoms with Crippen molar-refractivity contribution in [3.63, 3.8) is 0 Å². The minimum Gasteiger partial charge on any atom is -0.873 e. The van der Waals surface area contributed by atoms with E-state index in [0.29, 0.717) is 22.6 Å². The predicted molar refractivity (Wildman–Crippen MR) is 153 cm³/mol. The molecule has 3 aromatic rings. The predicted octanol–water partition coefficient (Wildman–Crippen LogP) is 6.40. The first kappa shape index (κ1) is 34.0. The molecule has 0 atom stereocenters. The van der Waals surface area contributed by atoms with Crippen LogP contribution in [-0.2, 0) is 40.2 Å². The molecule has 0 bridgehead atoms. The molecule has 214 valence electrons. The van der Waals surface area contributed by atoms with E-state index in [1.807, 2.05) is 66.0 Å². The van der Waals surface area contributed by atoms with Crippen LogP contribution in [0.1, 0.15) is 83.3 Å². The fraction of sp³-hybridized carbons (Fsp3) is 0.438. The molecule has 0 fully saturated rings. The summed E-state index contributed by atoms with van der Waals surface area (Å²) in [5, 5.41) is 25.0. The fourth-order valence-electron chi connectivity index (χ4n) is 4.38. The van der Waals surface area contributed by atoms with E-state index in [0.717, 1.165) is 24.2 Å². The van der Waals surface area contributed by atoms with Crippen LogP contribution in [-0.4, -0.2) is 25.4 Å². The Morgan fingerprint density at radius 1 is 0.769 bits per heavy atom. The van der Waals surface area contributed by atoms with Crippen molar-refractivity contribution in [3.8, 4) is 23.0 Å². The van der Waals surface area contributed by atoms with Gasteiger partial charge in [0.25, 0.3) is 0 Å². The topological polar surface area (TPSA) is 89.8 Å². The van der Waals surface area contributed by atoms with Crippen LogP contribution in [0.15, 0.2) is 47.6 Å². The molecular formula is C32H42N2NiO4. The maximum Gasteiger partial charge on any atom is 2.00 e. The Labute approximate surface area is 244 Å². The largest absolute Gasteiger partial charge is 2.00 e. The van der Waals surface area contributed by atoms with E-state index in [1.54, 1.807) is 6.20 Å². The average Bonchev–Trinajstić information content (AvgIpc) is 2.87. The maximum absolute atomic E-state index is 12.5. The van der Waals surface area contributed by atoms with E-state index >= 15 is 0 Å². The molecule has 6 nitrogen and oxygen atoms in total. The average molecular weight is 577 g/mol. The van der Waals surface area contributed by atoms with E-state index in [2.05, 4.69) is 42.0 Å². The SMILES string of the molecule is CCc1cccc(CC)c1N=Cc1ccccn1.COc1c(OC)c(C(C)(C)C)c([O-])c([O-])c1C(C)(C)C.[Ni+2]. The van der Waals surface area contributed by atoms with Gasteiger partial charge < -0.3 is 19.7 Å². The minimum absolute atomic E-state index is 0. The second-order valence-electron chi connectivity index (χ2n) is 11.1. The number of methoxy groups -OCH3 is 2. The van der Waals surface area contributed by atoms with Gasteiger partial charge in [0.05, 0.1) is 31.8 Å². The van der Waals surface area contributed by atoms with Crippen molar-refractivity contribution in [3.05, 3.63) is 70.5 Å². The molecule has 0 aliphatic rings. The molecule has 7 heteroatoms. The standard InChI is InChI=1S/C16H18N2.C16H26O4.Ni/c1-3-13-8-7-9-14(4-2)16(13)18-12-15-10-5-6-11-17-15;1-15(2,3)9-11(17)12(18)10(16(4,5)6)14(20-8)13(9)19-7;/h5-12H,3-4H2,1-2H3;17-18H,1-8H3;/q;;+2/p-2. The second-order valence-corrected chi connectivity index (χ2v) is 11.1. The molecule has 0 saturated carbocycles. The molecule has 0 N–H and O–H groups in total. The van der Waals surface area contributed by atoms with Gasteiger partial charge in [-0.2, -0.15) is 0 Å². The van der Waals surface area contributed by atoms with E-state index < -0.39 is 22.3 Å². The number of hydrogen-bond donors (Lipinski definition) is 0. The zero-order valence-electron chi connectivity index (χ0n) is 24.9. The van der Waals surface area contributed by atoms with E-state index in [9.17, 15) is 10.2 Å². The molecule has 1 aromatic heterocycles. The van der Waals surface area contributed by atoms with Gasteiger partial charge in [-0.1, -0.05) is 79.7 Å². The summed E-state index contributed by atoms with van der Waals surface area (Å²) in [6, 6.07) is 12.2. The third-order valence-corrected chi connectivity index (χ3v) is 6.21. The number of pyridine rings is 1. The van der Waals surface area contributed by atoms with Crippen LogP contribution in [0.3, 0.4) is 0 Å². The Kier molecular flexibility index (Phi) is 12.5. The summed E-state index contributed by atoms with van der Waals surface area (Å²) in [5.74, 6) is -0.260. The Balaban J connectivity index is 0.000000382. The first-order valence-corrected chi connectivity index (χ1v) is 13.0. The molecule has 0 aliphatic carbocycles. The van der Waals surface area contributed by atoms with Gasteiger partial charge in [0.2, 0.25) is 0 Å². The van der Waals surface area contributed by atoms with Gasteiger partial charge in [0.15, 0.2) is 11.5 Å². The van der Waals surface area contributed by atoms with Crippen LogP contribution in [0.25, 0.3) is 0 Å². The van der Waals surface area contributed by atoms with Gasteiger partial charge in [0, 0.05) is 6.20 Å². The summed E-state index contributed by atoms with van der Waals surface area (Å²) in [7, 11) is 2.98. The van der Waals surface area contributed by atoms with Gasteiger partial charge in [-0.05, 0) is 58.1 Å². The van der Waals surface area contributed by atoms with Crippen molar-refractivity contribution in [2.75, 3.05) is 14.2 Å². The van der Waals surface area contributed by atoms with Crippen LogP contribution < -0.4 is 19.7 Å². The van der Waals surface area contributed by atoms with Crippen LogP contribution in [0.4, 0.5) is 5.69 Å². The second kappa shape index (κ2) is 14.4. The Morgan fingerprint density at radius 2 is 1.23 bits per heavy atom. The minimum atomic E-state index is -0.500. The monoisotopic (exact) mass is 576 g/mol. The summed E-state index contributed by atoms with van der Waals surface area (Å²) in [6.45, 7) is 15.6. The number of aromatic nitrogens is 1. The quantitative estimate of drug-likeness (QED) is 0.250. The number of aryl methyl sites for hydroxylation is 2. The third-order valence-electron chi connectivity index (χ3n) is 6.21. The molecule has 0 unspecified atom stereocenters. The molecule has 0 spiro atoms. The molecule has 0 saturated heterocycles. The van der Waals surface area contributed by atoms with Crippen molar-refractivity contribution in [2.24, 2.45) is 4.99 Å². The zero-order valence-corrected chi connectivity index (χ0v) is 25.9. The van der Waals surface area contributed by atoms with E-state index in [1.165, 1.54) is 25.3 Å². The van der Waals surface area contributed by atoms with E-state index in [4.69, 9.17) is 9.47 Å². The summed E-state index contributed by atoms with van der Waals surface area (Å²) >= 11 is 0. The van der Waals surface area contributed by atoms with Crippen molar-refractivity contribution < 1.29 is 36.2 Å². The Hall–Kier alpha value is -3.05. The number of benzene rings is 2. The van der Waals surface area contributed by atoms with Gasteiger partial charge >= 0.3 is 16.5 Å². The van der Waals surface area contributed by atoms with Gasteiger partial charge in [0.1, 0.15) is 0 Å². The van der Waals surface area contributed by atoms with Crippen molar-refractivity contribution in [1.29, 1.82) is 0 Å². The normalized spacial score (nSPS) is 11.4. The van der Waals surface area contributed by atoms with Crippen molar-refractivity contribution >= 4 is 11.9 Å². The fourth-order valence-corrected chi connectivity index (χ4v) is 4.38. The molecule has 1 heterocycles. The van der Waals surface area contributed by atoms with Crippen LogP contribution in [0.2, 0.25) is 0 Å². The smallest absolute Gasteiger partial charge is 0.873 e. The summed E-state index contributed by atoms with van der Waals surface area (Å²) in [6.07, 6.45) is 5.63. The van der Waals surface area contributed by atoms with Crippen molar-refractivity contribution in [2.45, 2.75) is 79.1 Å². The van der Waals surface area contributed by atoms with Gasteiger partial charge in [-0.25, -0.2) is 0 Å². The van der Waals surface area contributed by atoms with Crippen LogP contribution >= 0.6 is 0 Å². The Morgan fingerprint density at radius 3 is 1.56 bits per heavy atom. The number of para-hydroxylation sites is 1. The molecule has 0 radical (unpaired) electrons. The number of rotatable bonds is 6. The van der Waals surface area contributed by atoms with Crippen molar-refractivity contribution in [1.82, 2.24) is 4.98 Å². The molecular weight excluding hydrogens is 535 g/mol. The number of ether oxygens (including phenoxy) is 2. The molecule has 3 rings (SSSR count). The van der Waals surface area contributed by atoms with Gasteiger partial charge in [-0.15, -0.1) is 11.5 Å². The number of nitrogens with zero attached hydrogens (tertiary/aromatic N) is 2. The summed E-state index contributed by atoms with van der Waals surface area (Å²) < 4.78 is 10.8. The molecule has 0 aliphatic heterocycles.